The fourth-order valence-electron chi connectivity index (χ4n) is 1.84. The lowest BCUT2D eigenvalue weighted by molar-refractivity contribution is 0.414. The topological polar surface area (TPSA) is 61.0 Å². The Kier molecular flexibility index (Phi) is 3.70. The Bertz CT molecular complexity index is 769. The number of aryl methyl sites for hydroxylation is 1. The Hall–Kier alpha value is -2.21. The van der Waals surface area contributed by atoms with Crippen LogP contribution in [0.5, 0.6) is 5.75 Å². The number of benzene rings is 1. The van der Waals surface area contributed by atoms with E-state index in [1.807, 2.05) is 37.3 Å². The molecule has 0 unspecified atom stereocenters. The minimum atomic E-state index is 0.427. The van der Waals surface area contributed by atoms with Gasteiger partial charge in [-0.15, -0.1) is 10.2 Å². The van der Waals surface area contributed by atoms with Crippen molar-refractivity contribution < 1.29 is 9.15 Å². The molecule has 21 heavy (non-hydrogen) atoms. The standard InChI is InChI=1S/C15H12BrN3O2/c1-9-3-4-10(8-17-9)14-18-19-15(21-14)12-7-11(20-2)5-6-13(12)16/h3-8H,1-2H3. The average Bonchev–Trinajstić information content (AvgIpc) is 2.98. The maximum atomic E-state index is 5.73. The molecule has 0 fully saturated rings. The summed E-state index contributed by atoms with van der Waals surface area (Å²) in [7, 11) is 1.62. The predicted octanol–water partition coefficient (Wildman–Crippen LogP) is 3.88. The zero-order valence-electron chi connectivity index (χ0n) is 11.5. The van der Waals surface area contributed by atoms with Crippen LogP contribution in [0.15, 0.2) is 45.4 Å². The van der Waals surface area contributed by atoms with Crippen molar-refractivity contribution in [3.63, 3.8) is 0 Å². The van der Waals surface area contributed by atoms with Gasteiger partial charge in [-0.1, -0.05) is 0 Å². The highest BCUT2D eigenvalue weighted by Crippen LogP contribution is 2.32. The normalized spacial score (nSPS) is 10.6. The van der Waals surface area contributed by atoms with Crippen LogP contribution >= 0.6 is 15.9 Å². The second-order valence-corrected chi connectivity index (χ2v) is 5.30. The molecule has 0 aliphatic carbocycles. The molecule has 0 aliphatic heterocycles. The summed E-state index contributed by atoms with van der Waals surface area (Å²) in [6, 6.07) is 9.38. The minimum Gasteiger partial charge on any atom is -0.497 e. The van der Waals surface area contributed by atoms with Crippen LogP contribution in [0.1, 0.15) is 5.69 Å². The van der Waals surface area contributed by atoms with Gasteiger partial charge in [-0.3, -0.25) is 4.98 Å². The lowest BCUT2D eigenvalue weighted by Gasteiger charge is -2.03. The van der Waals surface area contributed by atoms with Crippen molar-refractivity contribution in [2.45, 2.75) is 6.92 Å². The number of pyridine rings is 1. The van der Waals surface area contributed by atoms with Crippen molar-refractivity contribution in [1.82, 2.24) is 15.2 Å². The van der Waals surface area contributed by atoms with E-state index in [1.54, 1.807) is 13.3 Å². The van der Waals surface area contributed by atoms with Gasteiger partial charge in [0.25, 0.3) is 0 Å². The Morgan fingerprint density at radius 3 is 2.62 bits per heavy atom. The van der Waals surface area contributed by atoms with Crippen molar-refractivity contribution >= 4 is 15.9 Å². The number of ether oxygens (including phenoxy) is 1. The molecule has 6 heteroatoms. The molecule has 2 heterocycles. The molecule has 2 aromatic heterocycles. The molecule has 0 saturated heterocycles. The molecule has 5 nitrogen and oxygen atoms in total. The van der Waals surface area contributed by atoms with Gasteiger partial charge in [0.2, 0.25) is 11.8 Å². The van der Waals surface area contributed by atoms with Crippen LogP contribution in [0.3, 0.4) is 0 Å². The van der Waals surface area contributed by atoms with Crippen molar-refractivity contribution in [1.29, 1.82) is 0 Å². The zero-order chi connectivity index (χ0) is 14.8. The molecule has 0 radical (unpaired) electrons. The van der Waals surface area contributed by atoms with E-state index >= 15 is 0 Å². The lowest BCUT2D eigenvalue weighted by atomic mass is 10.2. The molecule has 106 valence electrons. The molecule has 1 aromatic carbocycles. The zero-order valence-corrected chi connectivity index (χ0v) is 13.1. The third-order valence-electron chi connectivity index (χ3n) is 2.99. The third-order valence-corrected chi connectivity index (χ3v) is 3.68. The predicted molar refractivity (Wildman–Crippen MR) is 82.0 cm³/mol. The van der Waals surface area contributed by atoms with Gasteiger partial charge in [-0.2, -0.15) is 0 Å². The SMILES string of the molecule is COc1ccc(Br)c(-c2nnc(-c3ccc(C)nc3)o2)c1. The van der Waals surface area contributed by atoms with E-state index in [9.17, 15) is 0 Å². The summed E-state index contributed by atoms with van der Waals surface area (Å²) in [4.78, 5) is 4.23. The Balaban J connectivity index is 2.00. The van der Waals surface area contributed by atoms with Crippen LogP contribution in [0.2, 0.25) is 0 Å². The van der Waals surface area contributed by atoms with Crippen molar-refractivity contribution in [2.75, 3.05) is 7.11 Å². The Morgan fingerprint density at radius 2 is 1.90 bits per heavy atom. The summed E-state index contributed by atoms with van der Waals surface area (Å²) in [5.74, 6) is 1.59. The molecule has 0 amide bonds. The molecule has 0 spiro atoms. The number of aromatic nitrogens is 3. The fourth-order valence-corrected chi connectivity index (χ4v) is 2.25. The molecule has 0 bridgehead atoms. The van der Waals surface area contributed by atoms with Crippen LogP contribution in [-0.4, -0.2) is 22.3 Å². The van der Waals surface area contributed by atoms with Crippen molar-refractivity contribution in [3.8, 4) is 28.7 Å². The molecular weight excluding hydrogens is 334 g/mol. The second-order valence-electron chi connectivity index (χ2n) is 4.45. The molecule has 0 N–H and O–H groups in total. The van der Waals surface area contributed by atoms with Crippen LogP contribution < -0.4 is 4.74 Å². The number of halogens is 1. The number of hydrogen-bond donors (Lipinski definition) is 0. The summed E-state index contributed by atoms with van der Waals surface area (Å²) in [5, 5.41) is 8.16. The third kappa shape index (κ3) is 2.80. The molecule has 0 aliphatic rings. The van der Waals surface area contributed by atoms with E-state index in [4.69, 9.17) is 9.15 Å². The quantitative estimate of drug-likeness (QED) is 0.720. The van der Waals surface area contributed by atoms with E-state index < -0.39 is 0 Å². The van der Waals surface area contributed by atoms with Gasteiger partial charge in [0.15, 0.2) is 0 Å². The number of nitrogens with zero attached hydrogens (tertiary/aromatic N) is 3. The van der Waals surface area contributed by atoms with Gasteiger partial charge in [-0.05, 0) is 53.2 Å². The van der Waals surface area contributed by atoms with Gasteiger partial charge in [-0.25, -0.2) is 0 Å². The maximum absolute atomic E-state index is 5.73. The lowest BCUT2D eigenvalue weighted by Crippen LogP contribution is -1.85. The first-order valence-electron chi connectivity index (χ1n) is 6.28. The summed E-state index contributed by atoms with van der Waals surface area (Å²) in [6.07, 6.45) is 1.72. The first kappa shape index (κ1) is 13.8. The van der Waals surface area contributed by atoms with Crippen molar-refractivity contribution in [2.24, 2.45) is 0 Å². The summed E-state index contributed by atoms with van der Waals surface area (Å²) in [5.41, 5.74) is 2.51. The van der Waals surface area contributed by atoms with E-state index in [2.05, 4.69) is 31.1 Å². The molecule has 0 atom stereocenters. The summed E-state index contributed by atoms with van der Waals surface area (Å²) in [6.45, 7) is 1.93. The van der Waals surface area contributed by atoms with Gasteiger partial charge in [0.05, 0.1) is 18.2 Å². The van der Waals surface area contributed by atoms with Gasteiger partial charge in [0, 0.05) is 16.4 Å². The number of hydrogen-bond acceptors (Lipinski definition) is 5. The molecular formula is C15H12BrN3O2. The molecule has 0 saturated carbocycles. The molecule has 3 rings (SSSR count). The van der Waals surface area contributed by atoms with Gasteiger partial charge >= 0.3 is 0 Å². The van der Waals surface area contributed by atoms with Gasteiger partial charge in [0.1, 0.15) is 5.75 Å². The first-order chi connectivity index (χ1) is 10.2. The van der Waals surface area contributed by atoms with E-state index in [0.29, 0.717) is 11.8 Å². The summed E-state index contributed by atoms with van der Waals surface area (Å²) < 4.78 is 11.8. The highest BCUT2D eigenvalue weighted by molar-refractivity contribution is 9.10. The Morgan fingerprint density at radius 1 is 1.10 bits per heavy atom. The van der Waals surface area contributed by atoms with Crippen LogP contribution in [0.25, 0.3) is 22.9 Å². The van der Waals surface area contributed by atoms with Crippen LogP contribution in [-0.2, 0) is 0 Å². The summed E-state index contributed by atoms with van der Waals surface area (Å²) >= 11 is 3.48. The number of methoxy groups -OCH3 is 1. The van der Waals surface area contributed by atoms with Gasteiger partial charge < -0.3 is 9.15 Å². The maximum Gasteiger partial charge on any atom is 0.249 e. The molecule has 3 aromatic rings. The fraction of sp³-hybridized carbons (Fsp3) is 0.133. The smallest absolute Gasteiger partial charge is 0.249 e. The average molecular weight is 346 g/mol. The van der Waals surface area contributed by atoms with Crippen LogP contribution in [0.4, 0.5) is 0 Å². The highest BCUT2D eigenvalue weighted by atomic mass is 79.9. The largest absolute Gasteiger partial charge is 0.497 e. The first-order valence-corrected chi connectivity index (χ1v) is 7.07. The number of rotatable bonds is 3. The van der Waals surface area contributed by atoms with Crippen LogP contribution in [0, 0.1) is 6.92 Å². The highest BCUT2D eigenvalue weighted by Gasteiger charge is 2.14. The van der Waals surface area contributed by atoms with E-state index in [-0.39, 0.29) is 0 Å². The monoisotopic (exact) mass is 345 g/mol. The van der Waals surface area contributed by atoms with Crippen molar-refractivity contribution in [3.05, 3.63) is 46.7 Å². The minimum absolute atomic E-state index is 0.427. The second kappa shape index (κ2) is 5.65. The van der Waals surface area contributed by atoms with E-state index in [1.165, 1.54) is 0 Å². The Labute approximate surface area is 130 Å². The van der Waals surface area contributed by atoms with E-state index in [0.717, 1.165) is 27.0 Å².